The molecule has 0 fully saturated rings. The Labute approximate surface area is 169 Å². The Bertz CT molecular complexity index is 759. The summed E-state index contributed by atoms with van der Waals surface area (Å²) in [5.74, 6) is 0.196. The van der Waals surface area contributed by atoms with Crippen molar-refractivity contribution in [2.45, 2.75) is 31.8 Å². The van der Waals surface area contributed by atoms with Crippen LogP contribution in [0.5, 0.6) is 12.0 Å². The van der Waals surface area contributed by atoms with E-state index < -0.39 is 0 Å². The van der Waals surface area contributed by atoms with Gasteiger partial charge in [0.05, 0.1) is 25.8 Å². The van der Waals surface area contributed by atoms with E-state index in [9.17, 15) is 4.79 Å². The third-order valence-electron chi connectivity index (χ3n) is 4.07. The number of hydrogen-bond acceptors (Lipinski definition) is 8. The fourth-order valence-corrected chi connectivity index (χ4v) is 3.52. The zero-order valence-electron chi connectivity index (χ0n) is 16.9. The topological polar surface area (TPSA) is 86.7 Å². The van der Waals surface area contributed by atoms with E-state index in [1.54, 1.807) is 4.90 Å². The fourth-order valence-electron chi connectivity index (χ4n) is 2.71. The number of hydrogen-bond donors (Lipinski definition) is 0. The molecule has 28 heavy (non-hydrogen) atoms. The second-order valence-electron chi connectivity index (χ2n) is 5.75. The summed E-state index contributed by atoms with van der Waals surface area (Å²) in [7, 11) is 4.46. The molecule has 1 aromatic carbocycles. The number of methoxy groups -OCH3 is 3. The summed E-state index contributed by atoms with van der Waals surface area (Å²) in [6, 6.07) is 6.43. The van der Waals surface area contributed by atoms with Crippen LogP contribution in [0.3, 0.4) is 0 Å². The number of benzene rings is 1. The molecule has 1 aromatic heterocycles. The van der Waals surface area contributed by atoms with Crippen molar-refractivity contribution in [3.8, 4) is 12.0 Å². The van der Waals surface area contributed by atoms with Gasteiger partial charge in [-0.2, -0.15) is 9.97 Å². The van der Waals surface area contributed by atoms with Gasteiger partial charge in [0.25, 0.3) is 5.91 Å². The maximum Gasteiger partial charge on any atom is 0.323 e. The average molecular weight is 407 g/mol. The van der Waals surface area contributed by atoms with Crippen molar-refractivity contribution in [3.63, 3.8) is 0 Å². The lowest BCUT2D eigenvalue weighted by atomic mass is 10.0. The maximum absolute atomic E-state index is 12.8. The molecule has 1 heterocycles. The minimum Gasteiger partial charge on any atom is -0.467 e. The van der Waals surface area contributed by atoms with E-state index in [1.165, 1.54) is 33.1 Å². The third kappa shape index (κ3) is 5.32. The number of nitrogens with zero attached hydrogens (tertiary/aromatic N) is 4. The normalized spacial score (nSPS) is 10.6. The van der Waals surface area contributed by atoms with E-state index in [1.807, 2.05) is 18.2 Å². The number of para-hydroxylation sites is 1. The number of amides is 1. The molecule has 0 aliphatic carbocycles. The predicted octanol–water partition coefficient (Wildman–Crippen LogP) is 2.74. The summed E-state index contributed by atoms with van der Waals surface area (Å²) >= 11 is 1.30. The van der Waals surface area contributed by atoms with Gasteiger partial charge >= 0.3 is 12.0 Å². The molecular formula is C19H26N4O4S. The predicted molar refractivity (Wildman–Crippen MR) is 108 cm³/mol. The van der Waals surface area contributed by atoms with Crippen LogP contribution in [0.25, 0.3) is 0 Å². The number of carbonyl (C=O) groups excluding carboxylic acids is 1. The minimum absolute atomic E-state index is 0.00833. The van der Waals surface area contributed by atoms with E-state index in [0.29, 0.717) is 11.0 Å². The van der Waals surface area contributed by atoms with Crippen molar-refractivity contribution in [2.75, 3.05) is 38.7 Å². The maximum atomic E-state index is 12.8. The quantitative estimate of drug-likeness (QED) is 0.440. The summed E-state index contributed by atoms with van der Waals surface area (Å²) < 4.78 is 15.3. The zero-order chi connectivity index (χ0) is 20.5. The van der Waals surface area contributed by atoms with Gasteiger partial charge in [0.2, 0.25) is 0 Å². The summed E-state index contributed by atoms with van der Waals surface area (Å²) in [4.78, 5) is 27.0. The third-order valence-corrected chi connectivity index (χ3v) is 4.89. The van der Waals surface area contributed by atoms with Gasteiger partial charge in [0, 0.05) is 7.11 Å². The Morgan fingerprint density at radius 3 is 2.04 bits per heavy atom. The molecule has 0 atom stereocenters. The number of aromatic nitrogens is 3. The Balaban J connectivity index is 2.37. The van der Waals surface area contributed by atoms with Gasteiger partial charge in [0.1, 0.15) is 6.61 Å². The lowest BCUT2D eigenvalue weighted by Gasteiger charge is -2.27. The van der Waals surface area contributed by atoms with Crippen LogP contribution in [0.1, 0.15) is 25.0 Å². The highest BCUT2D eigenvalue weighted by Gasteiger charge is 2.22. The lowest BCUT2D eigenvalue weighted by Crippen LogP contribution is -2.35. The molecule has 9 heteroatoms. The molecular weight excluding hydrogens is 380 g/mol. The van der Waals surface area contributed by atoms with Crippen LogP contribution in [0, 0.1) is 0 Å². The van der Waals surface area contributed by atoms with Crippen molar-refractivity contribution < 1.29 is 19.0 Å². The van der Waals surface area contributed by atoms with Crippen molar-refractivity contribution in [1.29, 1.82) is 0 Å². The number of aryl methyl sites for hydroxylation is 2. The minimum atomic E-state index is -0.126. The molecule has 0 saturated carbocycles. The molecule has 2 aromatic rings. The summed E-state index contributed by atoms with van der Waals surface area (Å²) in [5, 5.41) is 0.408. The van der Waals surface area contributed by atoms with Crippen LogP contribution in [0.2, 0.25) is 0 Å². The second-order valence-corrected chi connectivity index (χ2v) is 6.66. The largest absolute Gasteiger partial charge is 0.467 e. The molecule has 8 nitrogen and oxygen atoms in total. The highest BCUT2D eigenvalue weighted by atomic mass is 32.2. The molecule has 0 aliphatic heterocycles. The summed E-state index contributed by atoms with van der Waals surface area (Å²) in [5.41, 5.74) is 3.14. The number of anilines is 1. The van der Waals surface area contributed by atoms with Crippen molar-refractivity contribution in [3.05, 3.63) is 29.3 Å². The Kier molecular flexibility index (Phi) is 8.46. The van der Waals surface area contributed by atoms with Crippen molar-refractivity contribution in [1.82, 2.24) is 15.0 Å². The van der Waals surface area contributed by atoms with Crippen LogP contribution in [0.15, 0.2) is 23.4 Å². The van der Waals surface area contributed by atoms with E-state index in [0.717, 1.165) is 29.7 Å². The van der Waals surface area contributed by atoms with Gasteiger partial charge in [0.15, 0.2) is 5.16 Å². The Morgan fingerprint density at radius 2 is 1.57 bits per heavy atom. The summed E-state index contributed by atoms with van der Waals surface area (Å²) in [6.45, 7) is 4.14. The first kappa shape index (κ1) is 21.9. The molecule has 0 spiro atoms. The average Bonchev–Trinajstić information content (AvgIpc) is 2.73. The SMILES string of the molecule is CCc1cccc(CC)c1N(CSc1nc(OC)nc(OC)n1)C(=O)COC. The van der Waals surface area contributed by atoms with Crippen LogP contribution in [-0.4, -0.2) is 54.7 Å². The van der Waals surface area contributed by atoms with Gasteiger partial charge in [-0.05, 0) is 24.0 Å². The first-order valence-electron chi connectivity index (χ1n) is 8.94. The van der Waals surface area contributed by atoms with E-state index in [2.05, 4.69) is 28.8 Å². The molecule has 0 unspecified atom stereocenters. The van der Waals surface area contributed by atoms with Crippen LogP contribution in [0.4, 0.5) is 5.69 Å². The molecule has 0 N–H and O–H groups in total. The first-order valence-corrected chi connectivity index (χ1v) is 9.93. The Hall–Kier alpha value is -2.39. The highest BCUT2D eigenvalue weighted by molar-refractivity contribution is 7.99. The number of rotatable bonds is 10. The molecule has 1 amide bonds. The number of thioether (sulfide) groups is 1. The van der Waals surface area contributed by atoms with E-state index in [-0.39, 0.29) is 24.5 Å². The molecule has 0 aliphatic rings. The van der Waals surface area contributed by atoms with Crippen LogP contribution >= 0.6 is 11.8 Å². The molecule has 0 radical (unpaired) electrons. The molecule has 152 valence electrons. The standard InChI is InChI=1S/C19H26N4O4S/c1-6-13-9-8-10-14(7-2)16(13)23(15(24)11-25-3)12-28-19-21-17(26-4)20-18(22-19)27-5/h8-10H,6-7,11-12H2,1-5H3. The van der Waals surface area contributed by atoms with Crippen molar-refractivity contribution >= 4 is 23.4 Å². The first-order chi connectivity index (χ1) is 13.6. The van der Waals surface area contributed by atoms with Gasteiger partial charge in [-0.25, -0.2) is 0 Å². The van der Waals surface area contributed by atoms with Crippen LogP contribution < -0.4 is 14.4 Å². The van der Waals surface area contributed by atoms with Gasteiger partial charge in [-0.1, -0.05) is 43.8 Å². The Morgan fingerprint density at radius 1 is 1.00 bits per heavy atom. The highest BCUT2D eigenvalue weighted by Crippen LogP contribution is 2.30. The van der Waals surface area contributed by atoms with Gasteiger partial charge in [-0.3, -0.25) is 9.69 Å². The molecule has 2 rings (SSSR count). The summed E-state index contributed by atoms with van der Waals surface area (Å²) in [6.07, 6.45) is 1.63. The van der Waals surface area contributed by atoms with E-state index >= 15 is 0 Å². The van der Waals surface area contributed by atoms with Crippen molar-refractivity contribution in [2.24, 2.45) is 0 Å². The molecule has 0 bridgehead atoms. The van der Waals surface area contributed by atoms with Gasteiger partial charge < -0.3 is 14.2 Å². The smallest absolute Gasteiger partial charge is 0.323 e. The van der Waals surface area contributed by atoms with Crippen LogP contribution in [-0.2, 0) is 22.4 Å². The second kappa shape index (κ2) is 10.8. The zero-order valence-corrected chi connectivity index (χ0v) is 17.7. The lowest BCUT2D eigenvalue weighted by molar-refractivity contribution is -0.121. The molecule has 0 saturated heterocycles. The van der Waals surface area contributed by atoms with Gasteiger partial charge in [-0.15, -0.1) is 4.98 Å². The fraction of sp³-hybridized carbons (Fsp3) is 0.474. The van der Waals surface area contributed by atoms with E-state index in [4.69, 9.17) is 14.2 Å². The number of ether oxygens (including phenoxy) is 3. The monoisotopic (exact) mass is 406 g/mol. The number of carbonyl (C=O) groups is 1.